The summed E-state index contributed by atoms with van der Waals surface area (Å²) in [7, 11) is 0. The molecule has 1 atom stereocenters. The zero-order chi connectivity index (χ0) is 14.5. The van der Waals surface area contributed by atoms with Crippen molar-refractivity contribution in [2.45, 2.75) is 19.0 Å². The number of nitrogens with zero attached hydrogens (tertiary/aromatic N) is 5. The van der Waals surface area contributed by atoms with E-state index in [4.69, 9.17) is 12.2 Å². The molecular weight excluding hydrogens is 284 g/mol. The van der Waals surface area contributed by atoms with Crippen molar-refractivity contribution >= 4 is 29.4 Å². The van der Waals surface area contributed by atoms with E-state index in [1.54, 1.807) is 10.9 Å². The Labute approximate surface area is 127 Å². The normalized spacial score (nSPS) is 17.1. The Balaban J connectivity index is 1.65. The number of anilines is 1. The van der Waals surface area contributed by atoms with Crippen molar-refractivity contribution in [1.82, 2.24) is 20.2 Å². The molecule has 0 amide bonds. The van der Waals surface area contributed by atoms with Crippen molar-refractivity contribution in [2.75, 3.05) is 5.32 Å². The molecule has 1 aliphatic rings. The first-order valence-electron chi connectivity index (χ1n) is 6.64. The predicted octanol–water partition coefficient (Wildman–Crippen LogP) is 1.66. The van der Waals surface area contributed by atoms with Crippen LogP contribution in [0.5, 0.6) is 0 Å². The maximum Gasteiger partial charge on any atom is 0.243 e. The Morgan fingerprint density at radius 3 is 2.90 bits per heavy atom. The van der Waals surface area contributed by atoms with E-state index < -0.39 is 0 Å². The number of benzene rings is 1. The molecule has 0 spiro atoms. The smallest absolute Gasteiger partial charge is 0.243 e. The summed E-state index contributed by atoms with van der Waals surface area (Å²) in [6.45, 7) is 0.700. The third kappa shape index (κ3) is 3.38. The van der Waals surface area contributed by atoms with Gasteiger partial charge in [-0.1, -0.05) is 53.7 Å². The second kappa shape index (κ2) is 6.36. The Hall–Kier alpha value is -2.41. The number of allylic oxidation sites excluding steroid dienone is 1. The van der Waals surface area contributed by atoms with Gasteiger partial charge in [0.2, 0.25) is 5.95 Å². The first kappa shape index (κ1) is 13.6. The highest BCUT2D eigenvalue weighted by molar-refractivity contribution is 7.80. The molecule has 0 aliphatic carbocycles. The summed E-state index contributed by atoms with van der Waals surface area (Å²) in [5.41, 5.74) is 1.25. The molecule has 2 heterocycles. The van der Waals surface area contributed by atoms with Crippen molar-refractivity contribution in [1.29, 1.82) is 0 Å². The molecule has 0 fully saturated rings. The van der Waals surface area contributed by atoms with Gasteiger partial charge in [0, 0.05) is 6.21 Å². The zero-order valence-corrected chi connectivity index (χ0v) is 12.1. The van der Waals surface area contributed by atoms with Gasteiger partial charge in [-0.3, -0.25) is 0 Å². The average molecular weight is 298 g/mol. The Bertz CT molecular complexity index is 676. The molecule has 1 N–H and O–H groups in total. The molecule has 2 aromatic rings. The number of nitrogens with one attached hydrogen (secondary N) is 1. The largest absolute Gasteiger partial charge is 0.340 e. The predicted molar refractivity (Wildman–Crippen MR) is 85.6 cm³/mol. The van der Waals surface area contributed by atoms with E-state index in [1.807, 2.05) is 30.4 Å². The molecule has 1 aromatic carbocycles. The summed E-state index contributed by atoms with van der Waals surface area (Å²) < 4.78 is 1.74. The van der Waals surface area contributed by atoms with Gasteiger partial charge in [0.25, 0.3) is 0 Å². The van der Waals surface area contributed by atoms with Crippen LogP contribution in [0, 0.1) is 0 Å². The van der Waals surface area contributed by atoms with Gasteiger partial charge >= 0.3 is 0 Å². The summed E-state index contributed by atoms with van der Waals surface area (Å²) in [6, 6.07) is 10.1. The van der Waals surface area contributed by atoms with Gasteiger partial charge in [-0.15, -0.1) is 0 Å². The lowest BCUT2D eigenvalue weighted by atomic mass is 10.1. The Morgan fingerprint density at radius 1 is 1.24 bits per heavy atom. The van der Waals surface area contributed by atoms with Crippen molar-refractivity contribution < 1.29 is 0 Å². The summed E-state index contributed by atoms with van der Waals surface area (Å²) in [5, 5.41) is 14.9. The van der Waals surface area contributed by atoms with Gasteiger partial charge in [-0.2, -0.15) is 0 Å². The average Bonchev–Trinajstić information content (AvgIpc) is 2.96. The summed E-state index contributed by atoms with van der Waals surface area (Å²) in [5.74, 6) is 0.597. The van der Waals surface area contributed by atoms with Crippen molar-refractivity contribution in [3.8, 4) is 0 Å². The molecule has 0 saturated carbocycles. The number of rotatable bonds is 5. The van der Waals surface area contributed by atoms with E-state index in [9.17, 15) is 0 Å². The fourth-order valence-corrected chi connectivity index (χ4v) is 2.23. The van der Waals surface area contributed by atoms with E-state index in [-0.39, 0.29) is 6.04 Å². The van der Waals surface area contributed by atoms with Crippen LogP contribution in [0.15, 0.2) is 47.5 Å². The van der Waals surface area contributed by atoms with Gasteiger partial charge in [0.1, 0.15) is 11.0 Å². The second-order valence-electron chi connectivity index (χ2n) is 4.58. The van der Waals surface area contributed by atoms with E-state index in [0.717, 1.165) is 6.42 Å². The zero-order valence-electron chi connectivity index (χ0n) is 11.3. The van der Waals surface area contributed by atoms with Crippen LogP contribution >= 0.6 is 12.2 Å². The van der Waals surface area contributed by atoms with Crippen LogP contribution in [-0.2, 0) is 13.0 Å². The van der Waals surface area contributed by atoms with Crippen molar-refractivity contribution in [3.63, 3.8) is 0 Å². The first-order valence-corrected chi connectivity index (χ1v) is 7.05. The monoisotopic (exact) mass is 298 g/mol. The molecule has 7 heteroatoms. The molecule has 1 unspecified atom stereocenters. The van der Waals surface area contributed by atoms with E-state index in [0.29, 0.717) is 17.5 Å². The number of aromatic nitrogens is 4. The van der Waals surface area contributed by atoms with Gasteiger partial charge in [-0.05, 0) is 28.5 Å². The topological polar surface area (TPSA) is 68.0 Å². The fraction of sp³-hybridized carbons (Fsp3) is 0.214. The number of dihydropyridines is 1. The maximum absolute atomic E-state index is 5.20. The van der Waals surface area contributed by atoms with Gasteiger partial charge in [-0.25, -0.2) is 9.67 Å². The summed E-state index contributed by atoms with van der Waals surface area (Å²) in [6.07, 6.45) is 6.33. The minimum Gasteiger partial charge on any atom is -0.340 e. The van der Waals surface area contributed by atoms with E-state index in [2.05, 4.69) is 38.0 Å². The number of tetrazole rings is 1. The molecule has 1 aromatic heterocycles. The minimum absolute atomic E-state index is 0.147. The highest BCUT2D eigenvalue weighted by atomic mass is 32.1. The highest BCUT2D eigenvalue weighted by Crippen LogP contribution is 2.09. The van der Waals surface area contributed by atoms with Crippen molar-refractivity contribution in [3.05, 3.63) is 48.0 Å². The summed E-state index contributed by atoms with van der Waals surface area (Å²) >= 11 is 5.20. The van der Waals surface area contributed by atoms with Crippen molar-refractivity contribution in [2.24, 2.45) is 4.99 Å². The fourth-order valence-electron chi connectivity index (χ4n) is 2.03. The molecule has 0 radical (unpaired) electrons. The highest BCUT2D eigenvalue weighted by Gasteiger charge is 2.15. The Morgan fingerprint density at radius 2 is 2.10 bits per heavy atom. The lowest BCUT2D eigenvalue weighted by molar-refractivity contribution is 0.592. The molecule has 6 nitrogen and oxygen atoms in total. The molecule has 0 bridgehead atoms. The van der Waals surface area contributed by atoms with E-state index in [1.165, 1.54) is 5.56 Å². The van der Waals surface area contributed by atoms with Crippen LogP contribution in [0.4, 0.5) is 5.95 Å². The number of thiocarbonyl (C=S) groups is 1. The van der Waals surface area contributed by atoms with Crippen LogP contribution in [0.3, 0.4) is 0 Å². The van der Waals surface area contributed by atoms with Gasteiger partial charge < -0.3 is 5.32 Å². The Kier molecular flexibility index (Phi) is 4.11. The quantitative estimate of drug-likeness (QED) is 0.850. The third-order valence-electron chi connectivity index (χ3n) is 3.13. The van der Waals surface area contributed by atoms with Crippen LogP contribution in [-0.4, -0.2) is 37.5 Å². The molecular formula is C14H14N6S. The molecule has 3 rings (SSSR count). The lowest BCUT2D eigenvalue weighted by Gasteiger charge is -2.15. The molecule has 1 aliphatic heterocycles. The van der Waals surface area contributed by atoms with Crippen LogP contribution in [0.2, 0.25) is 0 Å². The SMILES string of the molecule is S=C1N=CC=CC1Nc1nnnn1CCc1ccccc1. The minimum atomic E-state index is -0.147. The number of hydrogen-bond acceptors (Lipinski definition) is 5. The van der Waals surface area contributed by atoms with Gasteiger partial charge in [0.05, 0.1) is 6.54 Å². The van der Waals surface area contributed by atoms with Gasteiger partial charge in [0.15, 0.2) is 0 Å². The van der Waals surface area contributed by atoms with E-state index >= 15 is 0 Å². The maximum atomic E-state index is 5.20. The first-order chi connectivity index (χ1) is 10.3. The molecule has 21 heavy (non-hydrogen) atoms. The number of hydrogen-bond donors (Lipinski definition) is 1. The standard InChI is InChI=1S/C14H14N6S/c21-13-12(7-4-9-15-13)16-14-17-18-19-20(14)10-8-11-5-2-1-3-6-11/h1-7,9,12H,8,10H2,(H,16,17,19). The third-order valence-corrected chi connectivity index (χ3v) is 3.49. The molecule has 0 saturated heterocycles. The summed E-state index contributed by atoms with van der Waals surface area (Å²) in [4.78, 5) is 4.67. The molecule has 106 valence electrons. The lowest BCUT2D eigenvalue weighted by Crippen LogP contribution is -2.28. The van der Waals surface area contributed by atoms with Crippen LogP contribution < -0.4 is 5.32 Å². The second-order valence-corrected chi connectivity index (χ2v) is 5.00. The van der Waals surface area contributed by atoms with Crippen LogP contribution in [0.25, 0.3) is 0 Å². The number of aliphatic imine (C=N–C) groups is 1. The number of aryl methyl sites for hydroxylation is 2. The van der Waals surface area contributed by atoms with Crippen LogP contribution in [0.1, 0.15) is 5.56 Å².